The lowest BCUT2D eigenvalue weighted by atomic mass is 10.1. The Hall–Kier alpha value is -2.49. The van der Waals surface area contributed by atoms with E-state index in [1.807, 2.05) is 66.4 Å². The van der Waals surface area contributed by atoms with Gasteiger partial charge in [0.2, 0.25) is 5.91 Å². The average molecular weight is 296 g/mol. The molecule has 2 aromatic rings. The lowest BCUT2D eigenvalue weighted by Crippen LogP contribution is -2.38. The van der Waals surface area contributed by atoms with Crippen molar-refractivity contribution in [1.29, 1.82) is 0 Å². The number of para-hydroxylation sites is 3. The van der Waals surface area contributed by atoms with Gasteiger partial charge in [-0.1, -0.05) is 37.3 Å². The molecule has 0 saturated carbocycles. The number of ether oxygens (including phenoxy) is 1. The molecule has 4 nitrogen and oxygen atoms in total. The quantitative estimate of drug-likeness (QED) is 0.942. The van der Waals surface area contributed by atoms with Gasteiger partial charge in [-0.25, -0.2) is 0 Å². The lowest BCUT2D eigenvalue weighted by molar-refractivity contribution is -0.121. The Labute approximate surface area is 130 Å². The summed E-state index contributed by atoms with van der Waals surface area (Å²) < 4.78 is 5.73. The number of carbonyl (C=O) groups excluding carboxylic acids is 1. The van der Waals surface area contributed by atoms with E-state index in [1.165, 1.54) is 0 Å². The number of hydrogen-bond acceptors (Lipinski definition) is 3. The number of anilines is 2. The van der Waals surface area contributed by atoms with Crippen molar-refractivity contribution < 1.29 is 9.53 Å². The summed E-state index contributed by atoms with van der Waals surface area (Å²) in [5.74, 6) is 0.905. The maximum absolute atomic E-state index is 12.6. The highest BCUT2D eigenvalue weighted by atomic mass is 16.5. The molecule has 0 spiro atoms. The molecule has 1 aliphatic heterocycles. The number of amides is 1. The smallest absolute Gasteiger partial charge is 0.231 e. The molecule has 114 valence electrons. The van der Waals surface area contributed by atoms with Gasteiger partial charge in [0, 0.05) is 6.54 Å². The molecule has 0 unspecified atom stereocenters. The van der Waals surface area contributed by atoms with E-state index in [0.717, 1.165) is 17.1 Å². The molecule has 0 bridgehead atoms. The second kappa shape index (κ2) is 6.52. The first-order valence-corrected chi connectivity index (χ1v) is 7.58. The van der Waals surface area contributed by atoms with Crippen LogP contribution in [0.25, 0.3) is 0 Å². The zero-order chi connectivity index (χ0) is 15.4. The van der Waals surface area contributed by atoms with Gasteiger partial charge < -0.3 is 15.0 Å². The molecule has 2 aromatic carbocycles. The molecule has 0 fully saturated rings. The summed E-state index contributed by atoms with van der Waals surface area (Å²) in [6.07, 6.45) is 0. The fourth-order valence-corrected chi connectivity index (χ4v) is 2.60. The summed E-state index contributed by atoms with van der Waals surface area (Å²) >= 11 is 0. The number of rotatable bonds is 4. The molecule has 1 atom stereocenters. The summed E-state index contributed by atoms with van der Waals surface area (Å²) in [6.45, 7) is 3.62. The molecule has 0 saturated heterocycles. The van der Waals surface area contributed by atoms with Gasteiger partial charge in [0.25, 0.3) is 0 Å². The number of hydrogen-bond donors (Lipinski definition) is 1. The molecule has 1 aliphatic rings. The molecule has 1 heterocycles. The predicted octanol–water partition coefficient (Wildman–Crippen LogP) is 3.16. The van der Waals surface area contributed by atoms with Crippen LogP contribution < -0.4 is 15.0 Å². The second-order valence-electron chi connectivity index (χ2n) is 5.45. The average Bonchev–Trinajstić information content (AvgIpc) is 2.68. The van der Waals surface area contributed by atoms with Crippen LogP contribution in [0.15, 0.2) is 54.6 Å². The van der Waals surface area contributed by atoms with Crippen LogP contribution in [0.3, 0.4) is 0 Å². The fourth-order valence-electron chi connectivity index (χ4n) is 2.60. The van der Waals surface area contributed by atoms with E-state index in [2.05, 4.69) is 5.32 Å². The minimum Gasteiger partial charge on any atom is -0.492 e. The lowest BCUT2D eigenvalue weighted by Gasteiger charge is -2.24. The van der Waals surface area contributed by atoms with Crippen LogP contribution >= 0.6 is 0 Å². The van der Waals surface area contributed by atoms with Crippen LogP contribution in [0, 0.1) is 5.92 Å². The van der Waals surface area contributed by atoms with Crippen molar-refractivity contribution in [3.63, 3.8) is 0 Å². The van der Waals surface area contributed by atoms with E-state index in [0.29, 0.717) is 19.7 Å². The van der Waals surface area contributed by atoms with Gasteiger partial charge in [0.1, 0.15) is 12.4 Å². The van der Waals surface area contributed by atoms with Crippen molar-refractivity contribution in [2.45, 2.75) is 6.92 Å². The first-order valence-electron chi connectivity index (χ1n) is 7.58. The van der Waals surface area contributed by atoms with E-state index < -0.39 is 0 Å². The molecule has 0 aliphatic carbocycles. The van der Waals surface area contributed by atoms with Crippen LogP contribution in [-0.2, 0) is 4.79 Å². The first kappa shape index (κ1) is 14.4. The Morgan fingerprint density at radius 2 is 1.86 bits per heavy atom. The van der Waals surface area contributed by atoms with Gasteiger partial charge in [-0.2, -0.15) is 0 Å². The van der Waals surface area contributed by atoms with E-state index in [4.69, 9.17) is 4.74 Å². The first-order chi connectivity index (χ1) is 10.8. The Kier molecular flexibility index (Phi) is 4.28. The third-order valence-electron chi connectivity index (χ3n) is 3.81. The van der Waals surface area contributed by atoms with Crippen LogP contribution in [0.2, 0.25) is 0 Å². The number of carbonyl (C=O) groups is 1. The third-order valence-corrected chi connectivity index (χ3v) is 3.81. The predicted molar refractivity (Wildman–Crippen MR) is 88.4 cm³/mol. The third kappa shape index (κ3) is 3.06. The molecular weight excluding hydrogens is 276 g/mol. The van der Waals surface area contributed by atoms with Crippen LogP contribution in [-0.4, -0.2) is 25.6 Å². The molecule has 0 aromatic heterocycles. The largest absolute Gasteiger partial charge is 0.492 e. The Balaban J connectivity index is 1.74. The molecule has 1 amide bonds. The minimum atomic E-state index is -0.0517. The summed E-state index contributed by atoms with van der Waals surface area (Å²) in [6, 6.07) is 17.6. The van der Waals surface area contributed by atoms with Gasteiger partial charge in [0.05, 0.1) is 23.8 Å². The molecule has 1 N–H and O–H groups in total. The Morgan fingerprint density at radius 1 is 1.14 bits per heavy atom. The summed E-state index contributed by atoms with van der Waals surface area (Å²) in [5.41, 5.74) is 1.92. The van der Waals surface area contributed by atoms with E-state index in [9.17, 15) is 4.79 Å². The zero-order valence-corrected chi connectivity index (χ0v) is 12.7. The number of fused-ring (bicyclic) bond motifs is 1. The van der Waals surface area contributed by atoms with Crippen molar-refractivity contribution in [2.75, 3.05) is 29.9 Å². The summed E-state index contributed by atoms with van der Waals surface area (Å²) in [7, 11) is 0. The minimum absolute atomic E-state index is 0.0517. The molecule has 3 rings (SSSR count). The topological polar surface area (TPSA) is 41.6 Å². The highest BCUT2D eigenvalue weighted by Crippen LogP contribution is 2.29. The summed E-state index contributed by atoms with van der Waals surface area (Å²) in [4.78, 5) is 14.4. The van der Waals surface area contributed by atoms with E-state index in [1.54, 1.807) is 0 Å². The normalized spacial score (nSPS) is 17.4. The van der Waals surface area contributed by atoms with Crippen LogP contribution in [0.5, 0.6) is 5.75 Å². The SMILES string of the molecule is C[C@@H]1CNc2ccccc2N(CCOc2ccccc2)C1=O. The van der Waals surface area contributed by atoms with Crippen molar-refractivity contribution in [2.24, 2.45) is 5.92 Å². The molecular formula is C18H20N2O2. The monoisotopic (exact) mass is 296 g/mol. The van der Waals surface area contributed by atoms with E-state index in [-0.39, 0.29) is 11.8 Å². The van der Waals surface area contributed by atoms with Gasteiger partial charge >= 0.3 is 0 Å². The van der Waals surface area contributed by atoms with E-state index >= 15 is 0 Å². The summed E-state index contributed by atoms with van der Waals surface area (Å²) in [5, 5.41) is 3.34. The maximum Gasteiger partial charge on any atom is 0.231 e. The highest BCUT2D eigenvalue weighted by molar-refractivity contribution is 5.99. The number of nitrogens with one attached hydrogen (secondary N) is 1. The maximum atomic E-state index is 12.6. The Morgan fingerprint density at radius 3 is 2.68 bits per heavy atom. The second-order valence-corrected chi connectivity index (χ2v) is 5.45. The zero-order valence-electron chi connectivity index (χ0n) is 12.7. The van der Waals surface area contributed by atoms with Crippen molar-refractivity contribution >= 4 is 17.3 Å². The van der Waals surface area contributed by atoms with Gasteiger partial charge in [-0.3, -0.25) is 4.79 Å². The fraction of sp³-hybridized carbons (Fsp3) is 0.278. The molecule has 22 heavy (non-hydrogen) atoms. The van der Waals surface area contributed by atoms with Crippen LogP contribution in [0.4, 0.5) is 11.4 Å². The number of nitrogens with zero attached hydrogens (tertiary/aromatic N) is 1. The standard InChI is InChI=1S/C18H20N2O2/c1-14-13-19-16-9-5-6-10-17(16)20(18(14)21)11-12-22-15-7-3-2-4-8-15/h2-10,14,19H,11-13H2,1H3/t14-/m1/s1. The number of benzene rings is 2. The molecule has 0 radical (unpaired) electrons. The van der Waals surface area contributed by atoms with Crippen molar-refractivity contribution in [1.82, 2.24) is 0 Å². The van der Waals surface area contributed by atoms with Crippen molar-refractivity contribution in [3.05, 3.63) is 54.6 Å². The van der Waals surface area contributed by atoms with Gasteiger partial charge in [-0.15, -0.1) is 0 Å². The molecule has 4 heteroatoms. The van der Waals surface area contributed by atoms with Gasteiger partial charge in [0.15, 0.2) is 0 Å². The van der Waals surface area contributed by atoms with Gasteiger partial charge in [-0.05, 0) is 24.3 Å². The van der Waals surface area contributed by atoms with Crippen molar-refractivity contribution in [3.8, 4) is 5.75 Å². The Bertz CT molecular complexity index is 643. The van der Waals surface area contributed by atoms with Crippen LogP contribution in [0.1, 0.15) is 6.92 Å². The highest BCUT2D eigenvalue weighted by Gasteiger charge is 2.26.